The van der Waals surface area contributed by atoms with Gasteiger partial charge in [-0.05, 0) is 58.4 Å². The number of rotatable bonds is 3. The van der Waals surface area contributed by atoms with Crippen LogP contribution in [0.15, 0.2) is 48.5 Å². The van der Waals surface area contributed by atoms with E-state index < -0.39 is 0 Å². The van der Waals surface area contributed by atoms with Crippen molar-refractivity contribution in [3.63, 3.8) is 0 Å². The van der Waals surface area contributed by atoms with Gasteiger partial charge in [-0.25, -0.2) is 0 Å². The summed E-state index contributed by atoms with van der Waals surface area (Å²) in [6, 6.07) is 15.8. The van der Waals surface area contributed by atoms with Gasteiger partial charge in [0.2, 0.25) is 0 Å². The molecule has 0 bridgehead atoms. The van der Waals surface area contributed by atoms with Crippen molar-refractivity contribution in [3.05, 3.63) is 82.3 Å². The number of fused-ring (bicyclic) bond motifs is 2. The molecule has 0 amide bonds. The Kier molecular flexibility index (Phi) is 3.44. The van der Waals surface area contributed by atoms with Crippen molar-refractivity contribution < 1.29 is 0 Å². The minimum atomic E-state index is 0.429. The van der Waals surface area contributed by atoms with E-state index in [1.807, 2.05) is 0 Å². The van der Waals surface area contributed by atoms with Gasteiger partial charge in [-0.1, -0.05) is 75.4 Å². The van der Waals surface area contributed by atoms with Gasteiger partial charge in [0.05, 0.1) is 0 Å². The SMILES string of the molecule is CC(C[C]1C=Cc2cc3c(cc21)CC(C)(C)C3)c1ccccc1. The fourth-order valence-corrected chi connectivity index (χ4v) is 4.23. The van der Waals surface area contributed by atoms with E-state index in [2.05, 4.69) is 75.4 Å². The van der Waals surface area contributed by atoms with E-state index in [-0.39, 0.29) is 0 Å². The van der Waals surface area contributed by atoms with E-state index in [1.54, 1.807) is 11.1 Å². The lowest BCUT2D eigenvalue weighted by molar-refractivity contribution is 0.392. The zero-order valence-corrected chi connectivity index (χ0v) is 14.4. The second-order valence-corrected chi connectivity index (χ2v) is 8.10. The standard InChI is InChI=1S/C23H25/c1-16(17-7-5-4-6-8-17)11-18-9-10-19-12-20-14-23(2,3)15-21(20)13-22(18)19/h4-10,12-13,16H,11,14-15H2,1-3H3. The molecule has 2 aromatic carbocycles. The lowest BCUT2D eigenvalue weighted by Crippen LogP contribution is -2.09. The molecule has 0 saturated heterocycles. The molecule has 117 valence electrons. The van der Waals surface area contributed by atoms with Crippen molar-refractivity contribution in [1.29, 1.82) is 0 Å². The maximum atomic E-state index is 2.48. The fourth-order valence-electron chi connectivity index (χ4n) is 4.23. The molecule has 0 N–H and O–H groups in total. The highest BCUT2D eigenvalue weighted by molar-refractivity contribution is 5.70. The van der Waals surface area contributed by atoms with E-state index in [1.165, 1.54) is 35.4 Å². The third kappa shape index (κ3) is 2.76. The summed E-state index contributed by atoms with van der Waals surface area (Å²) in [5, 5.41) is 0. The van der Waals surface area contributed by atoms with Gasteiger partial charge >= 0.3 is 0 Å². The van der Waals surface area contributed by atoms with Crippen molar-refractivity contribution in [3.8, 4) is 0 Å². The molecule has 2 aliphatic rings. The largest absolute Gasteiger partial charge is 0.0721 e. The van der Waals surface area contributed by atoms with Gasteiger partial charge in [-0.2, -0.15) is 0 Å². The number of hydrogen-bond donors (Lipinski definition) is 0. The molecule has 2 aromatic rings. The van der Waals surface area contributed by atoms with E-state index in [4.69, 9.17) is 0 Å². The average Bonchev–Trinajstić information content (AvgIpc) is 3.04. The molecule has 2 aliphatic carbocycles. The quantitative estimate of drug-likeness (QED) is 0.656. The van der Waals surface area contributed by atoms with Crippen LogP contribution < -0.4 is 0 Å². The molecule has 0 fully saturated rings. The summed E-state index contributed by atoms with van der Waals surface area (Å²) in [7, 11) is 0. The molecule has 23 heavy (non-hydrogen) atoms. The number of hydrogen-bond acceptors (Lipinski definition) is 0. The summed E-state index contributed by atoms with van der Waals surface area (Å²) in [6.07, 6.45) is 8.21. The van der Waals surface area contributed by atoms with Crippen LogP contribution in [-0.4, -0.2) is 0 Å². The summed E-state index contributed by atoms with van der Waals surface area (Å²) < 4.78 is 0. The van der Waals surface area contributed by atoms with Crippen LogP contribution in [0.4, 0.5) is 0 Å². The Balaban J connectivity index is 1.58. The lowest BCUT2D eigenvalue weighted by atomic mass is 9.86. The Bertz CT molecular complexity index is 749. The van der Waals surface area contributed by atoms with Gasteiger partial charge in [-0.15, -0.1) is 0 Å². The fraction of sp³-hybridized carbons (Fsp3) is 0.348. The first-order valence-corrected chi connectivity index (χ1v) is 8.77. The second kappa shape index (κ2) is 5.37. The number of allylic oxidation sites excluding steroid dienone is 1. The second-order valence-electron chi connectivity index (χ2n) is 8.10. The Hall–Kier alpha value is -1.82. The van der Waals surface area contributed by atoms with Crippen LogP contribution in [0, 0.1) is 11.3 Å². The van der Waals surface area contributed by atoms with Crippen molar-refractivity contribution in [1.82, 2.24) is 0 Å². The highest BCUT2D eigenvalue weighted by Gasteiger charge is 2.31. The molecule has 0 heterocycles. The maximum absolute atomic E-state index is 2.48. The predicted molar refractivity (Wildman–Crippen MR) is 98.5 cm³/mol. The molecule has 0 aliphatic heterocycles. The monoisotopic (exact) mass is 301 g/mol. The van der Waals surface area contributed by atoms with Crippen molar-refractivity contribution in [2.45, 2.75) is 46.0 Å². The zero-order chi connectivity index (χ0) is 16.0. The minimum absolute atomic E-state index is 0.429. The minimum Gasteiger partial charge on any atom is -0.0721 e. The van der Waals surface area contributed by atoms with Gasteiger partial charge in [0.1, 0.15) is 0 Å². The summed E-state index contributed by atoms with van der Waals surface area (Å²) in [5.41, 5.74) is 7.90. The van der Waals surface area contributed by atoms with Crippen LogP contribution in [-0.2, 0) is 12.8 Å². The molecular weight excluding hydrogens is 276 g/mol. The van der Waals surface area contributed by atoms with Gasteiger partial charge in [0, 0.05) is 5.92 Å². The van der Waals surface area contributed by atoms with Crippen LogP contribution in [0.1, 0.15) is 60.9 Å². The molecule has 0 spiro atoms. The highest BCUT2D eigenvalue weighted by atomic mass is 14.4. The normalized spacial score (nSPS) is 19.6. The van der Waals surface area contributed by atoms with Crippen LogP contribution in [0.5, 0.6) is 0 Å². The highest BCUT2D eigenvalue weighted by Crippen LogP contribution is 2.43. The average molecular weight is 301 g/mol. The first kappa shape index (κ1) is 14.8. The van der Waals surface area contributed by atoms with Gasteiger partial charge in [-0.3, -0.25) is 0 Å². The smallest absolute Gasteiger partial charge is 0.0279 e. The van der Waals surface area contributed by atoms with Crippen LogP contribution in [0.2, 0.25) is 0 Å². The first-order chi connectivity index (χ1) is 11.0. The third-order valence-electron chi connectivity index (χ3n) is 5.41. The topological polar surface area (TPSA) is 0 Å². The Labute approximate surface area is 140 Å². The molecular formula is C23H25. The molecule has 0 saturated carbocycles. The summed E-state index contributed by atoms with van der Waals surface area (Å²) in [5.74, 6) is 2.07. The third-order valence-corrected chi connectivity index (χ3v) is 5.41. The van der Waals surface area contributed by atoms with E-state index in [0.717, 1.165) is 6.42 Å². The van der Waals surface area contributed by atoms with Gasteiger partial charge in [0.15, 0.2) is 0 Å². The zero-order valence-electron chi connectivity index (χ0n) is 14.4. The van der Waals surface area contributed by atoms with Crippen LogP contribution in [0.25, 0.3) is 6.08 Å². The van der Waals surface area contributed by atoms with Crippen molar-refractivity contribution in [2.75, 3.05) is 0 Å². The first-order valence-electron chi connectivity index (χ1n) is 8.77. The Morgan fingerprint density at radius 2 is 1.65 bits per heavy atom. The molecule has 0 aromatic heterocycles. The molecule has 0 heteroatoms. The molecule has 0 nitrogen and oxygen atoms in total. The predicted octanol–water partition coefficient (Wildman–Crippen LogP) is 5.95. The van der Waals surface area contributed by atoms with Crippen molar-refractivity contribution >= 4 is 6.08 Å². The van der Waals surface area contributed by atoms with Crippen LogP contribution >= 0.6 is 0 Å². The molecule has 1 unspecified atom stereocenters. The molecule has 4 rings (SSSR count). The van der Waals surface area contributed by atoms with Crippen molar-refractivity contribution in [2.24, 2.45) is 5.41 Å². The summed E-state index contributed by atoms with van der Waals surface area (Å²) in [6.45, 7) is 7.11. The van der Waals surface area contributed by atoms with Gasteiger partial charge in [0.25, 0.3) is 0 Å². The Morgan fingerprint density at radius 1 is 0.957 bits per heavy atom. The van der Waals surface area contributed by atoms with E-state index >= 15 is 0 Å². The maximum Gasteiger partial charge on any atom is 0.0279 e. The van der Waals surface area contributed by atoms with E-state index in [0.29, 0.717) is 11.3 Å². The summed E-state index contributed by atoms with van der Waals surface area (Å²) >= 11 is 0. The molecule has 1 radical (unpaired) electrons. The lowest BCUT2D eigenvalue weighted by Gasteiger charge is -2.18. The van der Waals surface area contributed by atoms with E-state index in [9.17, 15) is 0 Å². The Morgan fingerprint density at radius 3 is 2.39 bits per heavy atom. The van der Waals surface area contributed by atoms with Gasteiger partial charge < -0.3 is 0 Å². The molecule has 1 atom stereocenters. The van der Waals surface area contributed by atoms with Crippen LogP contribution in [0.3, 0.4) is 0 Å². The summed E-state index contributed by atoms with van der Waals surface area (Å²) in [4.78, 5) is 0. The number of benzene rings is 2.